The summed E-state index contributed by atoms with van der Waals surface area (Å²) in [4.78, 5) is 10.5. The lowest BCUT2D eigenvalue weighted by Crippen LogP contribution is -2.01. The zero-order chi connectivity index (χ0) is 9.84. The van der Waals surface area contributed by atoms with E-state index in [9.17, 15) is 4.79 Å². The first-order valence-corrected chi connectivity index (χ1v) is 4.25. The minimum Gasteiger partial charge on any atom is -0.478 e. The third-order valence-corrected chi connectivity index (χ3v) is 1.48. The molecular formula is C8H6Cl2O3. The number of alkyl halides is 2. The number of halogens is 2. The number of rotatable bonds is 3. The van der Waals surface area contributed by atoms with E-state index in [0.717, 1.165) is 0 Å². The number of carbonyl (C=O) groups is 1. The third-order valence-electron chi connectivity index (χ3n) is 1.31. The highest BCUT2D eigenvalue weighted by Crippen LogP contribution is 2.17. The fourth-order valence-corrected chi connectivity index (χ4v) is 1.01. The molecule has 0 aromatic heterocycles. The van der Waals surface area contributed by atoms with E-state index >= 15 is 0 Å². The number of ether oxygens (including phenoxy) is 1. The van der Waals surface area contributed by atoms with Crippen molar-refractivity contribution in [3.63, 3.8) is 0 Å². The van der Waals surface area contributed by atoms with Crippen LogP contribution in [-0.2, 0) is 0 Å². The van der Waals surface area contributed by atoms with Gasteiger partial charge >= 0.3 is 5.97 Å². The van der Waals surface area contributed by atoms with Crippen molar-refractivity contribution in [3.8, 4) is 5.75 Å². The smallest absolute Gasteiger partial charge is 0.335 e. The number of aromatic carboxylic acids is 1. The Morgan fingerprint density at radius 3 is 2.69 bits per heavy atom. The van der Waals surface area contributed by atoms with E-state index in [-0.39, 0.29) is 5.56 Å². The summed E-state index contributed by atoms with van der Waals surface area (Å²) in [5.41, 5.74) is 0.131. The predicted octanol–water partition coefficient (Wildman–Crippen LogP) is 2.52. The Kier molecular flexibility index (Phi) is 3.39. The molecule has 0 radical (unpaired) electrons. The van der Waals surface area contributed by atoms with Crippen molar-refractivity contribution in [1.82, 2.24) is 0 Å². The maximum Gasteiger partial charge on any atom is 0.335 e. The topological polar surface area (TPSA) is 46.5 Å². The third kappa shape index (κ3) is 3.13. The average Bonchev–Trinajstić information content (AvgIpc) is 2.03. The first-order chi connectivity index (χ1) is 6.09. The molecule has 1 rings (SSSR count). The van der Waals surface area contributed by atoms with Crippen LogP contribution in [0.3, 0.4) is 0 Å². The second kappa shape index (κ2) is 4.35. The number of carboxylic acids is 1. The van der Waals surface area contributed by atoms with Gasteiger partial charge in [-0.2, -0.15) is 0 Å². The van der Waals surface area contributed by atoms with Crippen LogP contribution in [0.2, 0.25) is 0 Å². The lowest BCUT2D eigenvalue weighted by molar-refractivity contribution is 0.0696. The van der Waals surface area contributed by atoms with Gasteiger partial charge in [-0.15, -0.1) is 0 Å². The molecule has 0 spiro atoms. The molecule has 3 nitrogen and oxygen atoms in total. The molecule has 13 heavy (non-hydrogen) atoms. The van der Waals surface area contributed by atoms with E-state index in [1.807, 2.05) is 0 Å². The second-order valence-corrected chi connectivity index (χ2v) is 3.23. The second-order valence-electron chi connectivity index (χ2n) is 2.21. The van der Waals surface area contributed by atoms with Gasteiger partial charge in [0.05, 0.1) is 5.56 Å². The number of hydrogen-bond donors (Lipinski definition) is 1. The molecule has 0 fully saturated rings. The molecular weight excluding hydrogens is 215 g/mol. The lowest BCUT2D eigenvalue weighted by Gasteiger charge is -2.05. The van der Waals surface area contributed by atoms with Crippen LogP contribution >= 0.6 is 23.2 Å². The van der Waals surface area contributed by atoms with Crippen LogP contribution in [-0.4, -0.2) is 16.1 Å². The summed E-state index contributed by atoms with van der Waals surface area (Å²) in [6, 6.07) is 5.92. The monoisotopic (exact) mass is 220 g/mol. The molecule has 0 bridgehead atoms. The first-order valence-electron chi connectivity index (χ1n) is 3.38. The van der Waals surface area contributed by atoms with Crippen molar-refractivity contribution in [2.24, 2.45) is 0 Å². The standard InChI is InChI=1S/C8H6Cl2O3/c9-8(10)13-6-3-1-2-5(4-6)7(11)12/h1-4,8H,(H,11,12). The average molecular weight is 221 g/mol. The van der Waals surface area contributed by atoms with Crippen molar-refractivity contribution in [2.45, 2.75) is 5.02 Å². The van der Waals surface area contributed by atoms with Crippen molar-refractivity contribution in [1.29, 1.82) is 0 Å². The zero-order valence-electron chi connectivity index (χ0n) is 6.41. The van der Waals surface area contributed by atoms with E-state index in [4.69, 9.17) is 33.0 Å². The summed E-state index contributed by atoms with van der Waals surface area (Å²) in [6.07, 6.45) is 0. The SMILES string of the molecule is O=C(O)c1cccc(OC(Cl)Cl)c1. The van der Waals surface area contributed by atoms with Crippen LogP contribution in [0.4, 0.5) is 0 Å². The Morgan fingerprint density at radius 2 is 2.15 bits per heavy atom. The molecule has 5 heteroatoms. The summed E-state index contributed by atoms with van der Waals surface area (Å²) in [5, 5.41) is 7.63. The fraction of sp³-hybridized carbons (Fsp3) is 0.125. The minimum absolute atomic E-state index is 0.131. The van der Waals surface area contributed by atoms with Gasteiger partial charge in [-0.25, -0.2) is 4.79 Å². The minimum atomic E-state index is -1.02. The van der Waals surface area contributed by atoms with Crippen molar-refractivity contribution in [3.05, 3.63) is 29.8 Å². The van der Waals surface area contributed by atoms with Crippen LogP contribution in [0.5, 0.6) is 5.75 Å². The number of carboxylic acid groups (broad SMARTS) is 1. The van der Waals surface area contributed by atoms with Gasteiger partial charge < -0.3 is 9.84 Å². The van der Waals surface area contributed by atoms with Gasteiger partial charge in [0.2, 0.25) is 5.02 Å². The van der Waals surface area contributed by atoms with Gasteiger partial charge in [-0.05, 0) is 18.2 Å². The molecule has 70 valence electrons. The highest BCUT2D eigenvalue weighted by atomic mass is 35.5. The molecule has 0 atom stereocenters. The normalized spacial score (nSPS) is 10.1. The van der Waals surface area contributed by atoms with Crippen LogP contribution in [0, 0.1) is 0 Å². The Morgan fingerprint density at radius 1 is 1.46 bits per heavy atom. The van der Waals surface area contributed by atoms with Crippen molar-refractivity contribution < 1.29 is 14.6 Å². The number of hydrogen-bond acceptors (Lipinski definition) is 2. The summed E-state index contributed by atoms with van der Waals surface area (Å²) < 4.78 is 4.87. The molecule has 0 aliphatic heterocycles. The largest absolute Gasteiger partial charge is 0.478 e. The molecule has 0 aliphatic carbocycles. The lowest BCUT2D eigenvalue weighted by atomic mass is 10.2. The van der Waals surface area contributed by atoms with Crippen LogP contribution in [0.15, 0.2) is 24.3 Å². The molecule has 0 heterocycles. The molecule has 0 amide bonds. The van der Waals surface area contributed by atoms with Gasteiger partial charge in [-0.1, -0.05) is 29.3 Å². The molecule has 1 N–H and O–H groups in total. The van der Waals surface area contributed by atoms with Crippen LogP contribution < -0.4 is 4.74 Å². The summed E-state index contributed by atoms with van der Waals surface area (Å²) in [6.45, 7) is 0. The number of benzene rings is 1. The van der Waals surface area contributed by atoms with Crippen LogP contribution in [0.25, 0.3) is 0 Å². The molecule has 0 aliphatic rings. The van der Waals surface area contributed by atoms with E-state index < -0.39 is 11.0 Å². The Labute approximate surface area is 84.8 Å². The van der Waals surface area contributed by atoms with Gasteiger partial charge in [0.25, 0.3) is 0 Å². The van der Waals surface area contributed by atoms with Crippen molar-refractivity contribution >= 4 is 29.2 Å². The maximum absolute atomic E-state index is 10.5. The van der Waals surface area contributed by atoms with Gasteiger partial charge in [0.1, 0.15) is 5.75 Å². The molecule has 0 saturated carbocycles. The highest BCUT2D eigenvalue weighted by Gasteiger charge is 2.05. The van der Waals surface area contributed by atoms with Crippen molar-refractivity contribution in [2.75, 3.05) is 0 Å². The zero-order valence-corrected chi connectivity index (χ0v) is 7.92. The van der Waals surface area contributed by atoms with E-state index in [2.05, 4.69) is 0 Å². The summed E-state index contributed by atoms with van der Waals surface area (Å²) >= 11 is 10.7. The van der Waals surface area contributed by atoms with E-state index in [1.165, 1.54) is 12.1 Å². The Balaban J connectivity index is 2.85. The van der Waals surface area contributed by atoms with Gasteiger partial charge in [-0.3, -0.25) is 0 Å². The van der Waals surface area contributed by atoms with Crippen LogP contribution in [0.1, 0.15) is 10.4 Å². The molecule has 0 unspecified atom stereocenters. The molecule has 1 aromatic carbocycles. The molecule has 1 aromatic rings. The maximum atomic E-state index is 10.5. The van der Waals surface area contributed by atoms with Gasteiger partial charge in [0.15, 0.2) is 0 Å². The fourth-order valence-electron chi connectivity index (χ4n) is 0.805. The van der Waals surface area contributed by atoms with E-state index in [0.29, 0.717) is 5.75 Å². The first kappa shape index (κ1) is 10.2. The predicted molar refractivity (Wildman–Crippen MR) is 49.5 cm³/mol. The summed E-state index contributed by atoms with van der Waals surface area (Å²) in [5.74, 6) is -0.693. The Hall–Kier alpha value is -0.930. The summed E-state index contributed by atoms with van der Waals surface area (Å²) in [7, 11) is 0. The van der Waals surface area contributed by atoms with E-state index in [1.54, 1.807) is 12.1 Å². The quantitative estimate of drug-likeness (QED) is 0.797. The Bertz CT molecular complexity index is 312. The highest BCUT2D eigenvalue weighted by molar-refractivity contribution is 6.43. The van der Waals surface area contributed by atoms with Gasteiger partial charge in [0, 0.05) is 0 Å². The molecule has 0 saturated heterocycles.